The van der Waals surface area contributed by atoms with Crippen molar-refractivity contribution in [2.75, 3.05) is 13.2 Å². The van der Waals surface area contributed by atoms with Gasteiger partial charge >= 0.3 is 0 Å². The molecular formula is C16H31NO3S. The Labute approximate surface area is 133 Å². The van der Waals surface area contributed by atoms with Crippen LogP contribution in [-0.2, 0) is 14.3 Å². The van der Waals surface area contributed by atoms with Gasteiger partial charge in [0.2, 0.25) is 5.91 Å². The summed E-state index contributed by atoms with van der Waals surface area (Å²) < 4.78 is 5.81. The first-order valence-electron chi connectivity index (χ1n) is 7.83. The van der Waals surface area contributed by atoms with E-state index < -0.39 is 0 Å². The third kappa shape index (κ3) is 10.8. The number of carbonyl (C=O) groups is 2. The zero-order chi connectivity index (χ0) is 16.3. The van der Waals surface area contributed by atoms with Crippen LogP contribution in [0.5, 0.6) is 0 Å². The molecule has 1 N–H and O–H groups in total. The molecule has 0 fully saturated rings. The van der Waals surface area contributed by atoms with Crippen LogP contribution in [0.2, 0.25) is 0 Å². The fourth-order valence-corrected chi connectivity index (χ4v) is 2.86. The van der Waals surface area contributed by atoms with Gasteiger partial charge in [0.15, 0.2) is 0 Å². The first-order chi connectivity index (χ1) is 9.82. The lowest BCUT2D eigenvalue weighted by Crippen LogP contribution is -2.37. The van der Waals surface area contributed by atoms with E-state index >= 15 is 0 Å². The van der Waals surface area contributed by atoms with Gasteiger partial charge < -0.3 is 14.8 Å². The van der Waals surface area contributed by atoms with Gasteiger partial charge in [-0.25, -0.2) is 0 Å². The van der Waals surface area contributed by atoms with Crippen LogP contribution in [0.25, 0.3) is 0 Å². The summed E-state index contributed by atoms with van der Waals surface area (Å²) in [6.45, 7) is 11.6. The predicted octanol–water partition coefficient (Wildman–Crippen LogP) is 3.19. The van der Waals surface area contributed by atoms with E-state index in [9.17, 15) is 9.59 Å². The van der Waals surface area contributed by atoms with Crippen molar-refractivity contribution in [3.63, 3.8) is 0 Å². The van der Waals surface area contributed by atoms with Crippen LogP contribution in [0.15, 0.2) is 0 Å². The zero-order valence-corrected chi connectivity index (χ0v) is 14.9. The summed E-state index contributed by atoms with van der Waals surface area (Å²) in [5.41, 5.74) is -0.228. The number of hydrogen-bond donors (Lipinski definition) is 1. The average Bonchev–Trinajstić information content (AvgIpc) is 2.37. The number of nitrogens with one attached hydrogen (secondary N) is 1. The van der Waals surface area contributed by atoms with Crippen LogP contribution < -0.4 is 5.32 Å². The molecule has 0 aliphatic heterocycles. The zero-order valence-electron chi connectivity index (χ0n) is 14.1. The molecule has 5 heteroatoms. The molecule has 0 radical (unpaired) electrons. The number of amides is 1. The topological polar surface area (TPSA) is 55.4 Å². The van der Waals surface area contributed by atoms with Crippen molar-refractivity contribution in [3.05, 3.63) is 0 Å². The highest BCUT2D eigenvalue weighted by molar-refractivity contribution is 8.01. The molecule has 1 amide bonds. The van der Waals surface area contributed by atoms with Crippen molar-refractivity contribution in [3.8, 4) is 0 Å². The third-order valence-corrected chi connectivity index (χ3v) is 4.34. The van der Waals surface area contributed by atoms with Crippen LogP contribution in [0, 0.1) is 0 Å². The lowest BCUT2D eigenvalue weighted by atomic mass is 10.1. The minimum atomic E-state index is -0.286. The molecule has 0 aromatic carbocycles. The molecule has 0 spiro atoms. The number of rotatable bonds is 12. The minimum absolute atomic E-state index is 0.0508. The van der Waals surface area contributed by atoms with Crippen molar-refractivity contribution in [1.29, 1.82) is 0 Å². The van der Waals surface area contributed by atoms with Crippen LogP contribution in [-0.4, -0.2) is 41.4 Å². The molecule has 124 valence electrons. The van der Waals surface area contributed by atoms with E-state index in [4.69, 9.17) is 4.74 Å². The lowest BCUT2D eigenvalue weighted by molar-refractivity contribution is -0.122. The highest BCUT2D eigenvalue weighted by Gasteiger charge is 2.22. The second-order valence-electron chi connectivity index (χ2n) is 6.08. The quantitative estimate of drug-likeness (QED) is 0.444. The van der Waals surface area contributed by atoms with Gasteiger partial charge in [-0.2, -0.15) is 0 Å². The Morgan fingerprint density at radius 2 is 2.05 bits per heavy atom. The predicted molar refractivity (Wildman–Crippen MR) is 89.8 cm³/mol. The monoisotopic (exact) mass is 317 g/mol. The molecule has 0 bridgehead atoms. The van der Waals surface area contributed by atoms with Crippen molar-refractivity contribution >= 4 is 24.0 Å². The average molecular weight is 317 g/mol. The fourth-order valence-electron chi connectivity index (χ4n) is 1.81. The van der Waals surface area contributed by atoms with Crippen LogP contribution in [0.4, 0.5) is 0 Å². The number of ether oxygens (including phenoxy) is 1. The SMILES string of the molecule is CCCCOC(C)(C)CCNC(=O)C(CC=O)SC(C)C. The van der Waals surface area contributed by atoms with Gasteiger partial charge in [-0.1, -0.05) is 27.2 Å². The van der Waals surface area contributed by atoms with Crippen molar-refractivity contribution < 1.29 is 14.3 Å². The molecule has 0 rings (SSSR count). The van der Waals surface area contributed by atoms with Crippen molar-refractivity contribution in [2.24, 2.45) is 0 Å². The van der Waals surface area contributed by atoms with E-state index in [-0.39, 0.29) is 23.2 Å². The van der Waals surface area contributed by atoms with Gasteiger partial charge in [-0.05, 0) is 31.9 Å². The van der Waals surface area contributed by atoms with E-state index in [1.54, 1.807) is 0 Å². The maximum atomic E-state index is 12.1. The Kier molecular flexibility index (Phi) is 10.8. The summed E-state index contributed by atoms with van der Waals surface area (Å²) in [5.74, 6) is -0.0508. The third-order valence-electron chi connectivity index (χ3n) is 3.06. The van der Waals surface area contributed by atoms with Crippen LogP contribution >= 0.6 is 11.8 Å². The lowest BCUT2D eigenvalue weighted by Gasteiger charge is -2.26. The molecule has 0 saturated heterocycles. The highest BCUT2D eigenvalue weighted by Crippen LogP contribution is 2.20. The van der Waals surface area contributed by atoms with Crippen LogP contribution in [0.1, 0.15) is 60.3 Å². The molecule has 4 nitrogen and oxygen atoms in total. The number of thioether (sulfide) groups is 1. The molecule has 0 saturated carbocycles. The summed E-state index contributed by atoms with van der Waals surface area (Å²) >= 11 is 1.53. The standard InChI is InChI=1S/C16H31NO3S/c1-6-7-12-20-16(4,5)9-10-17-15(19)14(8-11-18)21-13(2)3/h11,13-14H,6-10,12H2,1-5H3,(H,17,19). The van der Waals surface area contributed by atoms with Crippen molar-refractivity contribution in [1.82, 2.24) is 5.32 Å². The van der Waals surface area contributed by atoms with Gasteiger partial charge in [0.05, 0.1) is 10.9 Å². The molecule has 0 aromatic rings. The molecular weight excluding hydrogens is 286 g/mol. The van der Waals surface area contributed by atoms with Gasteiger partial charge in [0, 0.05) is 19.6 Å². The fraction of sp³-hybridized carbons (Fsp3) is 0.875. The molecule has 21 heavy (non-hydrogen) atoms. The smallest absolute Gasteiger partial charge is 0.233 e. The summed E-state index contributed by atoms with van der Waals surface area (Å²) in [6.07, 6.45) is 4.03. The Balaban J connectivity index is 4.11. The Hall–Kier alpha value is -0.550. The highest BCUT2D eigenvalue weighted by atomic mass is 32.2. The van der Waals surface area contributed by atoms with E-state index in [1.807, 2.05) is 27.7 Å². The Bertz CT molecular complexity index is 306. The van der Waals surface area contributed by atoms with Gasteiger partial charge in [0.25, 0.3) is 0 Å². The van der Waals surface area contributed by atoms with Gasteiger partial charge in [0.1, 0.15) is 6.29 Å². The molecule has 0 heterocycles. The summed E-state index contributed by atoms with van der Waals surface area (Å²) in [4.78, 5) is 22.8. The summed E-state index contributed by atoms with van der Waals surface area (Å²) in [5, 5.41) is 2.96. The first kappa shape index (κ1) is 20.5. The van der Waals surface area contributed by atoms with Crippen LogP contribution in [0.3, 0.4) is 0 Å². The second-order valence-corrected chi connectivity index (χ2v) is 7.86. The van der Waals surface area contributed by atoms with E-state index in [1.165, 1.54) is 11.8 Å². The van der Waals surface area contributed by atoms with E-state index in [0.717, 1.165) is 32.2 Å². The minimum Gasteiger partial charge on any atom is -0.376 e. The summed E-state index contributed by atoms with van der Waals surface area (Å²) in [6, 6.07) is 0. The number of hydrogen-bond acceptors (Lipinski definition) is 4. The van der Waals surface area contributed by atoms with Crippen molar-refractivity contribution in [2.45, 2.75) is 76.4 Å². The van der Waals surface area contributed by atoms with Gasteiger partial charge in [-0.3, -0.25) is 4.79 Å². The molecule has 0 aromatic heterocycles. The normalized spacial score (nSPS) is 13.2. The molecule has 0 aliphatic carbocycles. The maximum absolute atomic E-state index is 12.1. The van der Waals surface area contributed by atoms with E-state index in [0.29, 0.717) is 11.8 Å². The number of unbranched alkanes of at least 4 members (excludes halogenated alkanes) is 1. The maximum Gasteiger partial charge on any atom is 0.233 e. The number of aldehydes is 1. The largest absolute Gasteiger partial charge is 0.376 e. The molecule has 1 atom stereocenters. The Morgan fingerprint density at radius 3 is 2.57 bits per heavy atom. The van der Waals surface area contributed by atoms with E-state index in [2.05, 4.69) is 12.2 Å². The first-order valence-corrected chi connectivity index (χ1v) is 8.77. The number of carbonyl (C=O) groups excluding carboxylic acids is 2. The molecule has 0 aliphatic rings. The molecule has 1 unspecified atom stereocenters. The second kappa shape index (κ2) is 11.1. The summed E-state index contributed by atoms with van der Waals surface area (Å²) in [7, 11) is 0. The Morgan fingerprint density at radius 1 is 1.38 bits per heavy atom. The van der Waals surface area contributed by atoms with Gasteiger partial charge in [-0.15, -0.1) is 11.8 Å².